The van der Waals surface area contributed by atoms with E-state index in [2.05, 4.69) is 21.3 Å². The van der Waals surface area contributed by atoms with Gasteiger partial charge in [0, 0.05) is 24.2 Å². The van der Waals surface area contributed by atoms with Crippen molar-refractivity contribution in [2.45, 2.75) is 59.0 Å². The third-order valence-electron chi connectivity index (χ3n) is 2.89. The van der Waals surface area contributed by atoms with Crippen LogP contribution in [0.4, 0.5) is 9.59 Å². The van der Waals surface area contributed by atoms with Gasteiger partial charge in [-0.25, -0.2) is 9.59 Å². The van der Waals surface area contributed by atoms with E-state index < -0.39 is 0 Å². The quantitative estimate of drug-likeness (QED) is 0.512. The molecule has 0 rings (SSSR count). The summed E-state index contributed by atoms with van der Waals surface area (Å²) in [5, 5.41) is 11.1. The third kappa shape index (κ3) is 12.3. The Kier molecular flexibility index (Phi) is 8.86. The summed E-state index contributed by atoms with van der Waals surface area (Å²) < 4.78 is 5.34. The molecule has 0 fully saturated rings. The molecule has 0 heterocycles. The second kappa shape index (κ2) is 9.50. The van der Waals surface area contributed by atoms with E-state index in [1.54, 1.807) is 0 Å². The minimum atomic E-state index is -0.255. The predicted molar refractivity (Wildman–Crippen MR) is 88.0 cm³/mol. The van der Waals surface area contributed by atoms with Crippen LogP contribution >= 0.6 is 0 Å². The molecule has 0 aliphatic rings. The van der Waals surface area contributed by atoms with Crippen molar-refractivity contribution < 1.29 is 14.3 Å². The Morgan fingerprint density at radius 1 is 0.864 bits per heavy atom. The van der Waals surface area contributed by atoms with Crippen LogP contribution in [-0.4, -0.2) is 49.4 Å². The molecular weight excluding hydrogens is 284 g/mol. The summed E-state index contributed by atoms with van der Waals surface area (Å²) in [5.41, 5.74) is -0.468. The minimum Gasteiger partial charge on any atom is -0.378 e. The molecule has 0 spiro atoms. The summed E-state index contributed by atoms with van der Waals surface area (Å²) in [7, 11) is 0. The van der Waals surface area contributed by atoms with Crippen LogP contribution in [-0.2, 0) is 4.74 Å². The van der Waals surface area contributed by atoms with E-state index >= 15 is 0 Å². The Bertz CT molecular complexity index is 351. The van der Waals surface area contributed by atoms with Crippen molar-refractivity contribution in [3.05, 3.63) is 0 Å². The molecule has 22 heavy (non-hydrogen) atoms. The summed E-state index contributed by atoms with van der Waals surface area (Å²) in [6.07, 6.45) is 0.860. The first-order valence-corrected chi connectivity index (χ1v) is 7.75. The Morgan fingerprint density at radius 2 is 1.32 bits per heavy atom. The molecule has 0 radical (unpaired) electrons. The average Bonchev–Trinajstić information content (AvgIpc) is 2.35. The Labute approximate surface area is 133 Å². The van der Waals surface area contributed by atoms with Crippen LogP contribution in [0.5, 0.6) is 0 Å². The summed E-state index contributed by atoms with van der Waals surface area (Å²) in [5.74, 6) is 0. The fourth-order valence-electron chi connectivity index (χ4n) is 1.40. The minimum absolute atomic E-state index is 0.196. The zero-order valence-corrected chi connectivity index (χ0v) is 14.8. The predicted octanol–water partition coefficient (Wildman–Crippen LogP) is 1.59. The normalized spacial score (nSPS) is 11.7. The lowest BCUT2D eigenvalue weighted by Gasteiger charge is -2.24. The molecule has 0 aliphatic heterocycles. The van der Waals surface area contributed by atoms with Gasteiger partial charge in [-0.3, -0.25) is 0 Å². The maximum atomic E-state index is 11.6. The summed E-state index contributed by atoms with van der Waals surface area (Å²) >= 11 is 0. The lowest BCUT2D eigenvalue weighted by atomic mass is 10.0. The van der Waals surface area contributed by atoms with Gasteiger partial charge in [-0.05, 0) is 41.0 Å². The van der Waals surface area contributed by atoms with Crippen LogP contribution in [0, 0.1) is 0 Å². The standard InChI is InChI=1S/C15H32N4O3/c1-7-15(5,6)19-13(21)17-9-11-22-10-8-16-12(20)18-14(2,3)4/h7-11H2,1-6H3,(H2,16,18,20)(H2,17,19,21). The highest BCUT2D eigenvalue weighted by atomic mass is 16.5. The van der Waals surface area contributed by atoms with Gasteiger partial charge in [-0.2, -0.15) is 0 Å². The van der Waals surface area contributed by atoms with E-state index in [0.29, 0.717) is 26.3 Å². The van der Waals surface area contributed by atoms with Gasteiger partial charge in [0.05, 0.1) is 13.2 Å². The van der Waals surface area contributed by atoms with Crippen LogP contribution in [0.25, 0.3) is 0 Å². The van der Waals surface area contributed by atoms with Gasteiger partial charge in [0.15, 0.2) is 0 Å². The average molecular weight is 316 g/mol. The van der Waals surface area contributed by atoms with Gasteiger partial charge in [-0.1, -0.05) is 6.92 Å². The van der Waals surface area contributed by atoms with Gasteiger partial charge in [0.25, 0.3) is 0 Å². The molecule has 0 aliphatic carbocycles. The third-order valence-corrected chi connectivity index (χ3v) is 2.89. The van der Waals surface area contributed by atoms with Gasteiger partial charge < -0.3 is 26.0 Å². The molecule has 0 atom stereocenters. The van der Waals surface area contributed by atoms with Crippen LogP contribution in [0.3, 0.4) is 0 Å². The number of carbonyl (C=O) groups excluding carboxylic acids is 2. The first kappa shape index (κ1) is 20.5. The molecular formula is C15H32N4O3. The summed E-state index contributed by atoms with van der Waals surface area (Å²) in [6, 6.07) is -0.409. The van der Waals surface area contributed by atoms with Gasteiger partial charge >= 0.3 is 12.1 Å². The van der Waals surface area contributed by atoms with E-state index in [0.717, 1.165) is 6.42 Å². The number of urea groups is 2. The van der Waals surface area contributed by atoms with Crippen LogP contribution in [0.2, 0.25) is 0 Å². The Hall–Kier alpha value is -1.50. The molecule has 0 saturated heterocycles. The molecule has 0 bridgehead atoms. The zero-order valence-electron chi connectivity index (χ0n) is 14.8. The first-order valence-electron chi connectivity index (χ1n) is 7.75. The summed E-state index contributed by atoms with van der Waals surface area (Å²) in [6.45, 7) is 13.4. The molecule has 4 amide bonds. The lowest BCUT2D eigenvalue weighted by Crippen LogP contribution is -2.48. The van der Waals surface area contributed by atoms with Crippen LogP contribution < -0.4 is 21.3 Å². The number of rotatable bonds is 8. The highest BCUT2D eigenvalue weighted by molar-refractivity contribution is 5.75. The van der Waals surface area contributed by atoms with E-state index in [1.165, 1.54) is 0 Å². The monoisotopic (exact) mass is 316 g/mol. The molecule has 0 unspecified atom stereocenters. The molecule has 0 saturated carbocycles. The number of hydrogen-bond acceptors (Lipinski definition) is 3. The van der Waals surface area contributed by atoms with Gasteiger partial charge in [-0.15, -0.1) is 0 Å². The number of hydrogen-bond donors (Lipinski definition) is 4. The number of amides is 4. The van der Waals surface area contributed by atoms with Crippen molar-refractivity contribution in [2.24, 2.45) is 0 Å². The van der Waals surface area contributed by atoms with E-state index in [1.807, 2.05) is 41.5 Å². The van der Waals surface area contributed by atoms with Crippen LogP contribution in [0.1, 0.15) is 48.0 Å². The lowest BCUT2D eigenvalue weighted by molar-refractivity contribution is 0.137. The maximum Gasteiger partial charge on any atom is 0.315 e. The Morgan fingerprint density at radius 3 is 1.73 bits per heavy atom. The van der Waals surface area contributed by atoms with E-state index in [-0.39, 0.29) is 23.1 Å². The molecule has 130 valence electrons. The van der Waals surface area contributed by atoms with E-state index in [4.69, 9.17) is 4.74 Å². The molecule has 7 heteroatoms. The number of nitrogens with one attached hydrogen (secondary N) is 4. The van der Waals surface area contributed by atoms with Crippen molar-refractivity contribution in [2.75, 3.05) is 26.3 Å². The second-order valence-corrected chi connectivity index (χ2v) is 6.86. The largest absolute Gasteiger partial charge is 0.378 e. The molecule has 0 aromatic carbocycles. The maximum absolute atomic E-state index is 11.6. The highest BCUT2D eigenvalue weighted by Crippen LogP contribution is 2.05. The second-order valence-electron chi connectivity index (χ2n) is 6.86. The van der Waals surface area contributed by atoms with Crippen molar-refractivity contribution >= 4 is 12.1 Å². The van der Waals surface area contributed by atoms with Crippen LogP contribution in [0.15, 0.2) is 0 Å². The SMILES string of the molecule is CCC(C)(C)NC(=O)NCCOCCNC(=O)NC(C)(C)C. The van der Waals surface area contributed by atoms with Crippen molar-refractivity contribution in [1.29, 1.82) is 0 Å². The molecule has 0 aromatic heterocycles. The van der Waals surface area contributed by atoms with Crippen molar-refractivity contribution in [3.63, 3.8) is 0 Å². The summed E-state index contributed by atoms with van der Waals surface area (Å²) in [4.78, 5) is 23.0. The molecule has 4 N–H and O–H groups in total. The molecule has 7 nitrogen and oxygen atoms in total. The molecule has 0 aromatic rings. The van der Waals surface area contributed by atoms with Gasteiger partial charge in [0.2, 0.25) is 0 Å². The van der Waals surface area contributed by atoms with Gasteiger partial charge in [0.1, 0.15) is 0 Å². The number of ether oxygens (including phenoxy) is 1. The fraction of sp³-hybridized carbons (Fsp3) is 0.867. The Balaban J connectivity index is 3.55. The highest BCUT2D eigenvalue weighted by Gasteiger charge is 2.17. The fourth-order valence-corrected chi connectivity index (χ4v) is 1.40. The topological polar surface area (TPSA) is 91.5 Å². The van der Waals surface area contributed by atoms with E-state index in [9.17, 15) is 9.59 Å². The number of carbonyl (C=O) groups is 2. The van der Waals surface area contributed by atoms with Crippen molar-refractivity contribution in [1.82, 2.24) is 21.3 Å². The zero-order chi connectivity index (χ0) is 17.2. The van der Waals surface area contributed by atoms with Crippen molar-refractivity contribution in [3.8, 4) is 0 Å². The smallest absolute Gasteiger partial charge is 0.315 e. The first-order chi connectivity index (χ1) is 10.1.